The Morgan fingerprint density at radius 1 is 1.21 bits per heavy atom. The minimum atomic E-state index is -0.612. The quantitative estimate of drug-likeness (QED) is 0.459. The summed E-state index contributed by atoms with van der Waals surface area (Å²) in [6, 6.07) is 4.89. The fraction of sp³-hybridized carbons (Fsp3) is 0.368. The SMILES string of the molecule is CCC(=O)Nc1nc(SCCC(C)C)[nH]c(=O)c1NC(=O)c1ccc(F)cc1. The van der Waals surface area contributed by atoms with Crippen LogP contribution in [0.1, 0.15) is 44.0 Å². The van der Waals surface area contributed by atoms with Gasteiger partial charge in [-0.05, 0) is 36.6 Å². The number of amides is 2. The second-order valence-corrected chi connectivity index (χ2v) is 7.57. The third-order valence-corrected chi connectivity index (χ3v) is 4.66. The van der Waals surface area contributed by atoms with Crippen LogP contribution in [0.2, 0.25) is 0 Å². The molecule has 2 amide bonds. The molecular formula is C19H23FN4O3S. The lowest BCUT2D eigenvalue weighted by Gasteiger charge is -2.12. The Kier molecular flexibility index (Phi) is 7.74. The van der Waals surface area contributed by atoms with Gasteiger partial charge in [-0.1, -0.05) is 32.5 Å². The summed E-state index contributed by atoms with van der Waals surface area (Å²) in [4.78, 5) is 43.6. The molecule has 0 unspecified atom stereocenters. The van der Waals surface area contributed by atoms with Crippen molar-refractivity contribution in [1.82, 2.24) is 9.97 Å². The number of benzene rings is 1. The highest BCUT2D eigenvalue weighted by Gasteiger charge is 2.17. The monoisotopic (exact) mass is 406 g/mol. The van der Waals surface area contributed by atoms with Crippen LogP contribution in [0.3, 0.4) is 0 Å². The van der Waals surface area contributed by atoms with Crippen LogP contribution in [0.25, 0.3) is 0 Å². The molecule has 7 nitrogen and oxygen atoms in total. The van der Waals surface area contributed by atoms with E-state index in [1.807, 2.05) is 0 Å². The van der Waals surface area contributed by atoms with Gasteiger partial charge in [0.15, 0.2) is 16.7 Å². The Hall–Kier alpha value is -2.68. The van der Waals surface area contributed by atoms with E-state index in [4.69, 9.17) is 0 Å². The number of aromatic nitrogens is 2. The molecule has 3 N–H and O–H groups in total. The first kappa shape index (κ1) is 21.6. The number of hydrogen-bond donors (Lipinski definition) is 3. The molecule has 0 saturated heterocycles. The number of rotatable bonds is 8. The Bertz CT molecular complexity index is 897. The van der Waals surface area contributed by atoms with Gasteiger partial charge in [0.05, 0.1) is 0 Å². The molecule has 28 heavy (non-hydrogen) atoms. The topological polar surface area (TPSA) is 104 Å². The van der Waals surface area contributed by atoms with Gasteiger partial charge < -0.3 is 10.6 Å². The first-order valence-corrected chi connectivity index (χ1v) is 9.92. The van der Waals surface area contributed by atoms with Crippen molar-refractivity contribution in [3.8, 4) is 0 Å². The fourth-order valence-electron chi connectivity index (χ4n) is 2.13. The van der Waals surface area contributed by atoms with Crippen LogP contribution >= 0.6 is 11.8 Å². The van der Waals surface area contributed by atoms with Crippen LogP contribution in [0, 0.1) is 11.7 Å². The maximum Gasteiger partial charge on any atom is 0.277 e. The van der Waals surface area contributed by atoms with Crippen molar-refractivity contribution in [3.63, 3.8) is 0 Å². The molecule has 1 heterocycles. The molecule has 0 bridgehead atoms. The van der Waals surface area contributed by atoms with Crippen molar-refractivity contribution in [2.24, 2.45) is 5.92 Å². The number of carbonyl (C=O) groups excluding carboxylic acids is 2. The van der Waals surface area contributed by atoms with E-state index in [-0.39, 0.29) is 29.4 Å². The largest absolute Gasteiger partial charge is 0.314 e. The van der Waals surface area contributed by atoms with Crippen LogP contribution in [-0.2, 0) is 4.79 Å². The first-order chi connectivity index (χ1) is 13.3. The second kappa shape index (κ2) is 10.0. The molecule has 1 aromatic carbocycles. The number of nitrogens with zero attached hydrogens (tertiary/aromatic N) is 1. The Morgan fingerprint density at radius 2 is 1.89 bits per heavy atom. The zero-order valence-electron chi connectivity index (χ0n) is 16.0. The van der Waals surface area contributed by atoms with Crippen molar-refractivity contribution >= 4 is 35.1 Å². The summed E-state index contributed by atoms with van der Waals surface area (Å²) in [6.07, 6.45) is 1.13. The fourth-order valence-corrected chi connectivity index (χ4v) is 3.23. The standard InChI is InChI=1S/C19H23FN4O3S/c1-4-14(25)21-16-15(22-17(26)12-5-7-13(20)8-6-12)18(27)24-19(23-16)28-10-9-11(2)3/h5-8,11H,4,9-10H2,1-3H3,(H,22,26)(H2,21,23,24,25,27). The minimum Gasteiger partial charge on any atom is -0.314 e. The number of carbonyl (C=O) groups is 2. The molecule has 0 fully saturated rings. The molecule has 0 saturated carbocycles. The van der Waals surface area contributed by atoms with E-state index in [1.165, 1.54) is 23.9 Å². The third kappa shape index (κ3) is 6.19. The molecule has 0 aliphatic heterocycles. The van der Waals surface area contributed by atoms with Crippen LogP contribution < -0.4 is 16.2 Å². The van der Waals surface area contributed by atoms with Crippen LogP contribution in [0.5, 0.6) is 0 Å². The third-order valence-electron chi connectivity index (χ3n) is 3.76. The minimum absolute atomic E-state index is 0.0156. The van der Waals surface area contributed by atoms with Gasteiger partial charge >= 0.3 is 0 Å². The van der Waals surface area contributed by atoms with Gasteiger partial charge in [0.1, 0.15) is 5.82 Å². The van der Waals surface area contributed by atoms with Gasteiger partial charge in [0.25, 0.3) is 11.5 Å². The zero-order chi connectivity index (χ0) is 20.7. The van der Waals surface area contributed by atoms with Gasteiger partial charge in [0, 0.05) is 17.7 Å². The van der Waals surface area contributed by atoms with Crippen LogP contribution in [-0.4, -0.2) is 27.5 Å². The van der Waals surface area contributed by atoms with E-state index in [2.05, 4.69) is 34.4 Å². The van der Waals surface area contributed by atoms with E-state index in [9.17, 15) is 18.8 Å². The lowest BCUT2D eigenvalue weighted by atomic mass is 10.2. The molecule has 1 aromatic heterocycles. The number of anilines is 2. The highest BCUT2D eigenvalue weighted by Crippen LogP contribution is 2.21. The number of nitrogens with one attached hydrogen (secondary N) is 3. The van der Waals surface area contributed by atoms with E-state index in [1.54, 1.807) is 6.92 Å². The molecular weight excluding hydrogens is 383 g/mol. The average molecular weight is 406 g/mol. The lowest BCUT2D eigenvalue weighted by molar-refractivity contribution is -0.115. The van der Waals surface area contributed by atoms with E-state index in [0.29, 0.717) is 11.1 Å². The summed E-state index contributed by atoms with van der Waals surface area (Å²) < 4.78 is 13.0. The summed E-state index contributed by atoms with van der Waals surface area (Å²) in [5, 5.41) is 5.36. The highest BCUT2D eigenvalue weighted by atomic mass is 32.2. The Labute approximate surface area is 166 Å². The molecule has 0 radical (unpaired) electrons. The molecule has 150 valence electrons. The van der Waals surface area contributed by atoms with E-state index in [0.717, 1.165) is 24.3 Å². The van der Waals surface area contributed by atoms with E-state index < -0.39 is 17.3 Å². The number of H-pyrrole nitrogens is 1. The van der Waals surface area contributed by atoms with Crippen LogP contribution in [0.4, 0.5) is 15.9 Å². The van der Waals surface area contributed by atoms with Gasteiger partial charge in [-0.2, -0.15) is 0 Å². The molecule has 0 aliphatic carbocycles. The van der Waals surface area contributed by atoms with Crippen LogP contribution in [0.15, 0.2) is 34.2 Å². The normalized spacial score (nSPS) is 10.8. The molecule has 0 aliphatic rings. The van der Waals surface area contributed by atoms with E-state index >= 15 is 0 Å². The lowest BCUT2D eigenvalue weighted by Crippen LogP contribution is -2.25. The second-order valence-electron chi connectivity index (χ2n) is 6.49. The maximum atomic E-state index is 13.0. The summed E-state index contributed by atoms with van der Waals surface area (Å²) in [5.41, 5.74) is -0.572. The zero-order valence-corrected chi connectivity index (χ0v) is 16.8. The Balaban J connectivity index is 2.29. The van der Waals surface area contributed by atoms with Gasteiger partial charge in [-0.25, -0.2) is 9.37 Å². The maximum absolute atomic E-state index is 13.0. The first-order valence-electron chi connectivity index (χ1n) is 8.94. The smallest absolute Gasteiger partial charge is 0.277 e. The van der Waals surface area contributed by atoms with Crippen molar-refractivity contribution in [2.45, 2.75) is 38.8 Å². The van der Waals surface area contributed by atoms with Crippen molar-refractivity contribution < 1.29 is 14.0 Å². The number of thioether (sulfide) groups is 1. The molecule has 2 rings (SSSR count). The summed E-state index contributed by atoms with van der Waals surface area (Å²) in [7, 11) is 0. The van der Waals surface area contributed by atoms with Crippen molar-refractivity contribution in [3.05, 3.63) is 46.0 Å². The summed E-state index contributed by atoms with van der Waals surface area (Å²) in [6.45, 7) is 5.85. The molecule has 2 aromatic rings. The van der Waals surface area contributed by atoms with Crippen molar-refractivity contribution in [1.29, 1.82) is 0 Å². The highest BCUT2D eigenvalue weighted by molar-refractivity contribution is 7.99. The molecule has 0 spiro atoms. The number of aromatic amines is 1. The predicted octanol–water partition coefficient (Wildman–Crippen LogP) is 3.65. The predicted molar refractivity (Wildman–Crippen MR) is 108 cm³/mol. The number of halogens is 1. The Morgan fingerprint density at radius 3 is 2.50 bits per heavy atom. The summed E-state index contributed by atoms with van der Waals surface area (Å²) in [5.74, 6) is -0.183. The average Bonchev–Trinajstić information content (AvgIpc) is 2.64. The van der Waals surface area contributed by atoms with Gasteiger partial charge in [-0.3, -0.25) is 19.4 Å². The summed E-state index contributed by atoms with van der Waals surface area (Å²) >= 11 is 1.36. The van der Waals surface area contributed by atoms with Crippen molar-refractivity contribution in [2.75, 3.05) is 16.4 Å². The number of hydrogen-bond acceptors (Lipinski definition) is 5. The molecule has 0 atom stereocenters. The van der Waals surface area contributed by atoms with Gasteiger partial charge in [-0.15, -0.1) is 0 Å². The van der Waals surface area contributed by atoms with Gasteiger partial charge in [0.2, 0.25) is 5.91 Å². The molecule has 9 heteroatoms.